The van der Waals surface area contributed by atoms with E-state index in [9.17, 15) is 0 Å². The van der Waals surface area contributed by atoms with Crippen molar-refractivity contribution in [3.63, 3.8) is 0 Å². The van der Waals surface area contributed by atoms with E-state index < -0.39 is 18.4 Å². The Bertz CT molecular complexity index is 706. The average molecular weight is 613 g/mol. The number of nitrogens with zero attached hydrogens (tertiary/aromatic N) is 2. The first-order valence-electron chi connectivity index (χ1n) is 13.0. The molecular weight excluding hydrogens is 565 g/mol. The summed E-state index contributed by atoms with van der Waals surface area (Å²) in [6.07, 6.45) is 17.7. The molecule has 182 valence electrons. The fourth-order valence-electron chi connectivity index (χ4n) is 4.89. The summed E-state index contributed by atoms with van der Waals surface area (Å²) in [4.78, 5) is 0. The van der Waals surface area contributed by atoms with Crippen molar-refractivity contribution < 1.29 is 21.5 Å². The molecule has 1 N–H and O–H groups in total. The van der Waals surface area contributed by atoms with E-state index in [2.05, 4.69) is 78.2 Å². The number of nitrogens with one attached hydrogen (secondary N) is 1. The fourth-order valence-corrected chi connectivity index (χ4v) is 20.5. The average Bonchev–Trinajstić information content (AvgIpc) is 3.26. The van der Waals surface area contributed by atoms with Gasteiger partial charge in [0.05, 0.1) is 0 Å². The minimum atomic E-state index is -2.33. The van der Waals surface area contributed by atoms with Gasteiger partial charge in [0.15, 0.2) is 0 Å². The number of unbranched alkanes of at least 4 members (excludes halogenated alkanes) is 5. The summed E-state index contributed by atoms with van der Waals surface area (Å²) in [7, 11) is 2.04. The molecule has 5 heteroatoms. The molecule has 0 radical (unpaired) electrons. The molecule has 2 aromatic rings. The van der Waals surface area contributed by atoms with Gasteiger partial charge in [0, 0.05) is 0 Å². The Labute approximate surface area is 213 Å². The molecule has 0 fully saturated rings. The van der Waals surface area contributed by atoms with Crippen molar-refractivity contribution in [2.75, 3.05) is 7.05 Å². The second-order valence-electron chi connectivity index (χ2n) is 9.36. The smallest absolute Gasteiger partial charge is 1.00 e. The van der Waals surface area contributed by atoms with Gasteiger partial charge in [0.25, 0.3) is 0 Å². The SMILES string of the molecule is CCC[CH2][Sn]([CH2]CCC)([CH2]CCCCC[n+]1ccn(CC)c1)[c]1ccc(CNC)cc1.[Br-]. The van der Waals surface area contributed by atoms with Gasteiger partial charge in [-0.05, 0) is 0 Å². The van der Waals surface area contributed by atoms with Gasteiger partial charge in [-0.3, -0.25) is 0 Å². The van der Waals surface area contributed by atoms with Crippen LogP contribution in [0, 0.1) is 0 Å². The van der Waals surface area contributed by atoms with E-state index in [4.69, 9.17) is 0 Å². The molecule has 1 aromatic heterocycles. The van der Waals surface area contributed by atoms with Crippen molar-refractivity contribution in [1.82, 2.24) is 9.88 Å². The van der Waals surface area contributed by atoms with E-state index in [1.54, 1.807) is 16.9 Å². The number of aryl methyl sites for hydroxylation is 2. The Hall–Kier alpha value is -0.331. The number of rotatable bonds is 17. The van der Waals surface area contributed by atoms with Gasteiger partial charge in [0.2, 0.25) is 0 Å². The topological polar surface area (TPSA) is 20.8 Å². The van der Waals surface area contributed by atoms with Gasteiger partial charge in [-0.15, -0.1) is 0 Å². The van der Waals surface area contributed by atoms with Crippen LogP contribution in [0.15, 0.2) is 43.0 Å². The minimum absolute atomic E-state index is 0. The Kier molecular flexibility index (Phi) is 15.9. The number of imidazole rings is 1. The summed E-state index contributed by atoms with van der Waals surface area (Å²) in [6.45, 7) is 10.2. The Morgan fingerprint density at radius 3 is 2.03 bits per heavy atom. The molecule has 0 saturated carbocycles. The first kappa shape index (κ1) is 29.7. The quantitative estimate of drug-likeness (QED) is 0.166. The van der Waals surface area contributed by atoms with Gasteiger partial charge < -0.3 is 17.0 Å². The van der Waals surface area contributed by atoms with E-state index in [0.29, 0.717) is 0 Å². The van der Waals surface area contributed by atoms with E-state index >= 15 is 0 Å². The molecule has 2 rings (SSSR count). The summed E-state index contributed by atoms with van der Waals surface area (Å²) in [6, 6.07) is 9.86. The van der Waals surface area contributed by atoms with Gasteiger partial charge in [-0.2, -0.15) is 0 Å². The number of hydrogen-bond acceptors (Lipinski definition) is 1. The Morgan fingerprint density at radius 2 is 1.47 bits per heavy atom. The summed E-state index contributed by atoms with van der Waals surface area (Å²) in [5.74, 6) is 0. The van der Waals surface area contributed by atoms with E-state index in [1.807, 2.05) is 7.05 Å². The van der Waals surface area contributed by atoms with Crippen LogP contribution in [0.2, 0.25) is 13.3 Å². The Morgan fingerprint density at radius 1 is 0.844 bits per heavy atom. The molecule has 0 bridgehead atoms. The standard InChI is InChI=1S/C11H20N2.C8H10N.2C4H9.BrH.Sn/c1-3-5-6-7-8-13-10-9-12(4-2)11-13;1-9-7-8-5-3-2-4-6-8;2*1-3-4-2;;/h9-11H,1,3-8H2,2H3;3-6,9H,7H2,1H3;2*1,3-4H2,2H3;1H;/q+1;;;;;/p-1. The normalized spacial score (nSPS) is 11.5. The molecule has 1 heterocycles. The monoisotopic (exact) mass is 613 g/mol. The number of halogens is 1. The molecule has 0 unspecified atom stereocenters. The summed E-state index contributed by atoms with van der Waals surface area (Å²) in [5.41, 5.74) is 1.42. The molecule has 0 amide bonds. The predicted molar refractivity (Wildman–Crippen MR) is 138 cm³/mol. The van der Waals surface area contributed by atoms with Gasteiger partial charge in [-0.1, -0.05) is 0 Å². The number of hydrogen-bond donors (Lipinski definition) is 1. The van der Waals surface area contributed by atoms with Crippen molar-refractivity contribution in [1.29, 1.82) is 0 Å². The number of benzene rings is 1. The van der Waals surface area contributed by atoms with Crippen molar-refractivity contribution in [2.45, 2.75) is 105 Å². The molecule has 1 aromatic carbocycles. The Balaban J connectivity index is 0.00000512. The first-order valence-corrected chi connectivity index (χ1v) is 20.4. The molecule has 0 aliphatic carbocycles. The van der Waals surface area contributed by atoms with Crippen molar-refractivity contribution in [3.8, 4) is 0 Å². The summed E-state index contributed by atoms with van der Waals surface area (Å²) < 4.78 is 11.1. The zero-order valence-electron chi connectivity index (χ0n) is 21.2. The third-order valence-electron chi connectivity index (χ3n) is 6.90. The zero-order chi connectivity index (χ0) is 22.4. The van der Waals surface area contributed by atoms with Crippen LogP contribution in [0.25, 0.3) is 0 Å². The third-order valence-corrected chi connectivity index (χ3v) is 22.6. The van der Waals surface area contributed by atoms with Gasteiger partial charge in [0.1, 0.15) is 0 Å². The molecular formula is C27H48BrN3Sn. The second kappa shape index (κ2) is 17.2. The van der Waals surface area contributed by atoms with Crippen LogP contribution in [0.3, 0.4) is 0 Å². The molecule has 32 heavy (non-hydrogen) atoms. The van der Waals surface area contributed by atoms with Crippen molar-refractivity contribution >= 4 is 22.0 Å². The molecule has 0 spiro atoms. The molecule has 0 aliphatic rings. The van der Waals surface area contributed by atoms with E-state index in [-0.39, 0.29) is 17.0 Å². The van der Waals surface area contributed by atoms with E-state index in [1.165, 1.54) is 63.5 Å². The number of aromatic nitrogens is 2. The van der Waals surface area contributed by atoms with E-state index in [0.717, 1.165) is 13.1 Å². The zero-order valence-corrected chi connectivity index (χ0v) is 25.7. The summed E-state index contributed by atoms with van der Waals surface area (Å²) in [5, 5.41) is 3.30. The van der Waals surface area contributed by atoms with Crippen LogP contribution >= 0.6 is 0 Å². The maximum atomic E-state index is 3.30. The molecule has 3 nitrogen and oxygen atoms in total. The predicted octanol–water partition coefficient (Wildman–Crippen LogP) is 3.04. The summed E-state index contributed by atoms with van der Waals surface area (Å²) >= 11 is -2.33. The van der Waals surface area contributed by atoms with Crippen LogP contribution in [0.1, 0.15) is 77.7 Å². The van der Waals surface area contributed by atoms with Crippen LogP contribution in [-0.4, -0.2) is 30.0 Å². The molecule has 0 atom stereocenters. The van der Waals surface area contributed by atoms with Crippen LogP contribution < -0.4 is 30.4 Å². The van der Waals surface area contributed by atoms with Crippen LogP contribution in [-0.2, 0) is 19.6 Å². The first-order chi connectivity index (χ1) is 15.2. The maximum Gasteiger partial charge on any atom is -1.00 e. The second-order valence-corrected chi connectivity index (χ2v) is 22.6. The fraction of sp³-hybridized carbons (Fsp3) is 0.667. The van der Waals surface area contributed by atoms with Gasteiger partial charge in [-0.25, -0.2) is 0 Å². The largest absolute Gasteiger partial charge is 1.00 e. The minimum Gasteiger partial charge on any atom is -1.00 e. The van der Waals surface area contributed by atoms with Crippen molar-refractivity contribution in [3.05, 3.63) is 48.5 Å². The molecule has 0 saturated heterocycles. The molecule has 0 aliphatic heterocycles. The van der Waals surface area contributed by atoms with Crippen LogP contribution in [0.5, 0.6) is 0 Å². The van der Waals surface area contributed by atoms with Crippen LogP contribution in [0.4, 0.5) is 0 Å². The van der Waals surface area contributed by atoms with Crippen molar-refractivity contribution in [2.24, 2.45) is 0 Å². The third kappa shape index (κ3) is 9.88. The maximum absolute atomic E-state index is 3.30. The van der Waals surface area contributed by atoms with Gasteiger partial charge >= 0.3 is 197 Å².